The molecule has 0 aliphatic carbocycles. The van der Waals surface area contributed by atoms with Crippen LogP contribution < -0.4 is 9.64 Å². The standard InChI is InChI=1S/C24H20N2O/c1-17-21-15-16-26(24(21)22-9-5-6-10-23(22)25-17)18-11-13-20(14-12-18)27-19-7-3-2-4-8-19/h2-14H,15-16H2,1H3. The summed E-state index contributed by atoms with van der Waals surface area (Å²) in [7, 11) is 0. The Bertz CT molecular complexity index is 1100. The van der Waals surface area contributed by atoms with Crippen molar-refractivity contribution in [3.05, 3.63) is 90.1 Å². The minimum atomic E-state index is 0.847. The molecule has 132 valence electrons. The Morgan fingerprint density at radius 3 is 2.33 bits per heavy atom. The molecule has 0 fully saturated rings. The van der Waals surface area contributed by atoms with Gasteiger partial charge in [0.2, 0.25) is 0 Å². The zero-order valence-corrected chi connectivity index (χ0v) is 15.2. The molecule has 2 heterocycles. The Balaban J connectivity index is 1.51. The average molecular weight is 352 g/mol. The van der Waals surface area contributed by atoms with Gasteiger partial charge in [0.1, 0.15) is 11.5 Å². The summed E-state index contributed by atoms with van der Waals surface area (Å²) in [6.07, 6.45) is 1.03. The van der Waals surface area contributed by atoms with E-state index in [4.69, 9.17) is 9.72 Å². The van der Waals surface area contributed by atoms with Gasteiger partial charge in [-0.05, 0) is 61.4 Å². The van der Waals surface area contributed by atoms with Crippen LogP contribution in [0.3, 0.4) is 0 Å². The Morgan fingerprint density at radius 2 is 1.52 bits per heavy atom. The quantitative estimate of drug-likeness (QED) is 0.450. The van der Waals surface area contributed by atoms with E-state index in [0.717, 1.165) is 35.7 Å². The van der Waals surface area contributed by atoms with Crippen molar-refractivity contribution >= 4 is 22.3 Å². The molecular weight excluding hydrogens is 332 g/mol. The molecule has 0 spiro atoms. The number of ether oxygens (including phenoxy) is 1. The first-order valence-electron chi connectivity index (χ1n) is 9.28. The highest BCUT2D eigenvalue weighted by Crippen LogP contribution is 2.41. The predicted molar refractivity (Wildman–Crippen MR) is 110 cm³/mol. The molecule has 1 aliphatic rings. The largest absolute Gasteiger partial charge is 0.457 e. The van der Waals surface area contributed by atoms with Gasteiger partial charge in [-0.25, -0.2) is 0 Å². The SMILES string of the molecule is Cc1nc2ccccc2c2c1CCN2c1ccc(Oc2ccccc2)cc1. The second kappa shape index (κ2) is 6.44. The predicted octanol–water partition coefficient (Wildman–Crippen LogP) is 6.03. The Kier molecular flexibility index (Phi) is 3.79. The van der Waals surface area contributed by atoms with E-state index in [9.17, 15) is 0 Å². The van der Waals surface area contributed by atoms with Crippen molar-refractivity contribution in [3.8, 4) is 11.5 Å². The summed E-state index contributed by atoms with van der Waals surface area (Å²) < 4.78 is 5.93. The Hall–Kier alpha value is -3.33. The second-order valence-corrected chi connectivity index (χ2v) is 6.85. The van der Waals surface area contributed by atoms with Gasteiger partial charge in [0, 0.05) is 23.3 Å². The van der Waals surface area contributed by atoms with E-state index in [1.807, 2.05) is 42.5 Å². The van der Waals surface area contributed by atoms with Crippen molar-refractivity contribution in [2.45, 2.75) is 13.3 Å². The van der Waals surface area contributed by atoms with E-state index in [0.29, 0.717) is 0 Å². The molecule has 0 unspecified atom stereocenters. The lowest BCUT2D eigenvalue weighted by molar-refractivity contribution is 0.483. The van der Waals surface area contributed by atoms with Crippen LogP contribution in [0.2, 0.25) is 0 Å². The minimum Gasteiger partial charge on any atom is -0.457 e. The number of aromatic nitrogens is 1. The number of aryl methyl sites for hydroxylation is 1. The van der Waals surface area contributed by atoms with Gasteiger partial charge in [-0.3, -0.25) is 4.98 Å². The number of fused-ring (bicyclic) bond motifs is 3. The van der Waals surface area contributed by atoms with Crippen LogP contribution in [0.1, 0.15) is 11.3 Å². The number of nitrogens with zero attached hydrogens (tertiary/aromatic N) is 2. The van der Waals surface area contributed by atoms with Crippen LogP contribution >= 0.6 is 0 Å². The summed E-state index contributed by atoms with van der Waals surface area (Å²) in [5.74, 6) is 1.70. The van der Waals surface area contributed by atoms with Crippen LogP contribution in [-0.4, -0.2) is 11.5 Å². The maximum absolute atomic E-state index is 5.93. The smallest absolute Gasteiger partial charge is 0.127 e. The van der Waals surface area contributed by atoms with Crippen LogP contribution in [0.4, 0.5) is 11.4 Å². The molecule has 4 aromatic rings. The van der Waals surface area contributed by atoms with Crippen molar-refractivity contribution < 1.29 is 4.74 Å². The summed E-state index contributed by atoms with van der Waals surface area (Å²) in [6, 6.07) is 26.6. The number of rotatable bonds is 3. The molecule has 0 bridgehead atoms. The third-order valence-electron chi connectivity index (χ3n) is 5.15. The second-order valence-electron chi connectivity index (χ2n) is 6.85. The maximum atomic E-state index is 5.93. The van der Waals surface area contributed by atoms with Gasteiger partial charge < -0.3 is 9.64 Å². The first-order valence-corrected chi connectivity index (χ1v) is 9.28. The highest BCUT2D eigenvalue weighted by Gasteiger charge is 2.25. The summed E-state index contributed by atoms with van der Waals surface area (Å²) in [4.78, 5) is 7.19. The Morgan fingerprint density at radius 1 is 0.815 bits per heavy atom. The van der Waals surface area contributed by atoms with Crippen LogP contribution in [0, 0.1) is 6.92 Å². The zero-order chi connectivity index (χ0) is 18.2. The van der Waals surface area contributed by atoms with Crippen molar-refractivity contribution in [1.29, 1.82) is 0 Å². The first kappa shape index (κ1) is 15.9. The normalized spacial score (nSPS) is 13.0. The molecule has 5 rings (SSSR count). The molecule has 0 saturated carbocycles. The van der Waals surface area contributed by atoms with Crippen LogP contribution in [0.25, 0.3) is 10.9 Å². The molecule has 3 aromatic carbocycles. The van der Waals surface area contributed by atoms with Gasteiger partial charge in [0.25, 0.3) is 0 Å². The number of benzene rings is 3. The summed E-state index contributed by atoms with van der Waals surface area (Å²) in [5, 5.41) is 1.22. The molecule has 0 amide bonds. The van der Waals surface area contributed by atoms with Crippen LogP contribution in [0.15, 0.2) is 78.9 Å². The number of anilines is 2. The molecule has 3 nitrogen and oxygen atoms in total. The van der Waals surface area contributed by atoms with Crippen molar-refractivity contribution in [3.63, 3.8) is 0 Å². The van der Waals surface area contributed by atoms with E-state index in [-0.39, 0.29) is 0 Å². The van der Waals surface area contributed by atoms with Crippen molar-refractivity contribution in [2.24, 2.45) is 0 Å². The van der Waals surface area contributed by atoms with Crippen LogP contribution in [0.5, 0.6) is 11.5 Å². The summed E-state index contributed by atoms with van der Waals surface area (Å²) in [6.45, 7) is 3.09. The molecule has 0 saturated heterocycles. The fourth-order valence-electron chi connectivity index (χ4n) is 3.87. The fraction of sp³-hybridized carbons (Fsp3) is 0.125. The number of hydrogen-bond donors (Lipinski definition) is 0. The van der Waals surface area contributed by atoms with Gasteiger partial charge in [-0.15, -0.1) is 0 Å². The Labute approximate surface area is 158 Å². The zero-order valence-electron chi connectivity index (χ0n) is 15.2. The molecule has 1 aliphatic heterocycles. The molecule has 1 aromatic heterocycles. The average Bonchev–Trinajstić information content (AvgIpc) is 3.16. The fourth-order valence-corrected chi connectivity index (χ4v) is 3.87. The van der Waals surface area contributed by atoms with E-state index < -0.39 is 0 Å². The number of para-hydroxylation sites is 2. The van der Waals surface area contributed by atoms with Gasteiger partial charge in [0.05, 0.1) is 11.2 Å². The third-order valence-corrected chi connectivity index (χ3v) is 5.15. The highest BCUT2D eigenvalue weighted by molar-refractivity contribution is 5.97. The molecule has 0 N–H and O–H groups in total. The van der Waals surface area contributed by atoms with Gasteiger partial charge >= 0.3 is 0 Å². The molecule has 0 atom stereocenters. The summed E-state index contributed by atoms with van der Waals surface area (Å²) in [5.41, 5.74) is 6.04. The van der Waals surface area contributed by atoms with E-state index in [1.54, 1.807) is 0 Å². The lowest BCUT2D eigenvalue weighted by Gasteiger charge is -2.22. The number of pyridine rings is 1. The number of hydrogen-bond acceptors (Lipinski definition) is 3. The minimum absolute atomic E-state index is 0.847. The van der Waals surface area contributed by atoms with Gasteiger partial charge in [0.15, 0.2) is 0 Å². The topological polar surface area (TPSA) is 25.4 Å². The lowest BCUT2D eigenvalue weighted by Crippen LogP contribution is -2.13. The van der Waals surface area contributed by atoms with E-state index in [2.05, 4.69) is 48.2 Å². The first-order chi connectivity index (χ1) is 13.3. The summed E-state index contributed by atoms with van der Waals surface area (Å²) >= 11 is 0. The molecule has 3 heteroatoms. The van der Waals surface area contributed by atoms with Crippen molar-refractivity contribution in [2.75, 3.05) is 11.4 Å². The third kappa shape index (κ3) is 2.81. The van der Waals surface area contributed by atoms with E-state index >= 15 is 0 Å². The van der Waals surface area contributed by atoms with Crippen LogP contribution in [-0.2, 0) is 6.42 Å². The lowest BCUT2D eigenvalue weighted by atomic mass is 10.1. The molecule has 0 radical (unpaired) electrons. The molecular formula is C24H20N2O. The monoisotopic (exact) mass is 352 g/mol. The molecule has 27 heavy (non-hydrogen) atoms. The highest BCUT2D eigenvalue weighted by atomic mass is 16.5. The van der Waals surface area contributed by atoms with Crippen molar-refractivity contribution in [1.82, 2.24) is 4.98 Å². The van der Waals surface area contributed by atoms with E-state index in [1.165, 1.54) is 22.3 Å². The van der Waals surface area contributed by atoms with Gasteiger partial charge in [-0.1, -0.05) is 36.4 Å². The maximum Gasteiger partial charge on any atom is 0.127 e. The van der Waals surface area contributed by atoms with Gasteiger partial charge in [-0.2, -0.15) is 0 Å².